The summed E-state index contributed by atoms with van der Waals surface area (Å²) in [5, 5.41) is 2.47. The zero-order valence-electron chi connectivity index (χ0n) is 12.7. The molecule has 1 aromatic carbocycles. The molecule has 1 unspecified atom stereocenters. The molecule has 0 aliphatic carbocycles. The van der Waals surface area contributed by atoms with Gasteiger partial charge in [0.1, 0.15) is 5.75 Å². The molecule has 23 heavy (non-hydrogen) atoms. The van der Waals surface area contributed by atoms with Crippen molar-refractivity contribution < 1.29 is 27.5 Å². The molecule has 1 rings (SSSR count). The second-order valence-corrected chi connectivity index (χ2v) is 4.66. The predicted octanol–water partition coefficient (Wildman–Crippen LogP) is 2.21. The number of hydrogen-bond acceptors (Lipinski definition) is 3. The van der Waals surface area contributed by atoms with Crippen LogP contribution in [0.4, 0.5) is 18.0 Å². The summed E-state index contributed by atoms with van der Waals surface area (Å²) < 4.78 is 42.9. The summed E-state index contributed by atoms with van der Waals surface area (Å²) in [4.78, 5) is 22.9. The van der Waals surface area contributed by atoms with Crippen LogP contribution in [-0.4, -0.2) is 24.6 Å². The van der Waals surface area contributed by atoms with Crippen LogP contribution in [0.5, 0.6) is 5.75 Å². The quantitative estimate of drug-likeness (QED) is 0.723. The number of rotatable bonds is 5. The molecule has 9 heteroatoms. The van der Waals surface area contributed by atoms with Crippen molar-refractivity contribution in [1.82, 2.24) is 16.2 Å². The van der Waals surface area contributed by atoms with E-state index >= 15 is 0 Å². The van der Waals surface area contributed by atoms with E-state index in [0.717, 1.165) is 18.6 Å². The van der Waals surface area contributed by atoms with Crippen molar-refractivity contribution in [3.63, 3.8) is 0 Å². The van der Waals surface area contributed by atoms with Crippen LogP contribution in [0, 0.1) is 0 Å². The summed E-state index contributed by atoms with van der Waals surface area (Å²) in [5.41, 5.74) is 3.34. The van der Waals surface area contributed by atoms with E-state index in [1.165, 1.54) is 19.1 Å². The standard InChI is InChI=1S/C14H18F3N3O3/c1-3-7-18-13(22)20-19-12(21)9(2)23-11-6-4-5-10(8-11)14(15,16)17/h4-6,8-9H,3,7H2,1-2H3,(H,19,21)(H2,18,20,22). The first-order chi connectivity index (χ1) is 10.7. The maximum absolute atomic E-state index is 12.6. The zero-order valence-corrected chi connectivity index (χ0v) is 12.7. The average molecular weight is 333 g/mol. The lowest BCUT2D eigenvalue weighted by molar-refractivity contribution is -0.137. The van der Waals surface area contributed by atoms with E-state index in [1.54, 1.807) is 0 Å². The fourth-order valence-electron chi connectivity index (χ4n) is 1.51. The summed E-state index contributed by atoms with van der Waals surface area (Å²) >= 11 is 0. The van der Waals surface area contributed by atoms with Gasteiger partial charge in [-0.3, -0.25) is 10.2 Å². The van der Waals surface area contributed by atoms with Gasteiger partial charge < -0.3 is 10.1 Å². The van der Waals surface area contributed by atoms with Gasteiger partial charge in [-0.05, 0) is 31.5 Å². The Balaban J connectivity index is 2.54. The Hall–Kier alpha value is -2.45. The van der Waals surface area contributed by atoms with Gasteiger partial charge >= 0.3 is 12.2 Å². The Morgan fingerprint density at radius 2 is 1.96 bits per heavy atom. The first kappa shape index (κ1) is 18.6. The number of alkyl halides is 3. The molecule has 128 valence electrons. The fraction of sp³-hybridized carbons (Fsp3) is 0.429. The van der Waals surface area contributed by atoms with Crippen LogP contribution in [0.2, 0.25) is 0 Å². The molecule has 0 saturated carbocycles. The van der Waals surface area contributed by atoms with E-state index in [-0.39, 0.29) is 5.75 Å². The third kappa shape index (κ3) is 6.45. The van der Waals surface area contributed by atoms with Gasteiger partial charge in [0.25, 0.3) is 5.91 Å². The minimum atomic E-state index is -4.50. The van der Waals surface area contributed by atoms with Crippen molar-refractivity contribution in [1.29, 1.82) is 0 Å². The van der Waals surface area contributed by atoms with Crippen molar-refractivity contribution >= 4 is 11.9 Å². The minimum absolute atomic E-state index is 0.0992. The highest BCUT2D eigenvalue weighted by Crippen LogP contribution is 2.31. The van der Waals surface area contributed by atoms with E-state index in [0.29, 0.717) is 6.54 Å². The molecule has 0 spiro atoms. The fourth-order valence-corrected chi connectivity index (χ4v) is 1.51. The number of nitrogens with one attached hydrogen (secondary N) is 3. The Labute approximate surface area is 131 Å². The van der Waals surface area contributed by atoms with Crippen LogP contribution in [0.15, 0.2) is 24.3 Å². The van der Waals surface area contributed by atoms with Gasteiger partial charge in [0, 0.05) is 6.54 Å². The van der Waals surface area contributed by atoms with Crippen LogP contribution < -0.4 is 20.9 Å². The van der Waals surface area contributed by atoms with Crippen LogP contribution in [0.1, 0.15) is 25.8 Å². The van der Waals surface area contributed by atoms with Crippen LogP contribution in [0.25, 0.3) is 0 Å². The topological polar surface area (TPSA) is 79.5 Å². The highest BCUT2D eigenvalue weighted by atomic mass is 19.4. The van der Waals surface area contributed by atoms with Gasteiger partial charge in [-0.2, -0.15) is 13.2 Å². The second-order valence-electron chi connectivity index (χ2n) is 4.66. The van der Waals surface area contributed by atoms with Crippen molar-refractivity contribution in [3.8, 4) is 5.75 Å². The molecular weight excluding hydrogens is 315 g/mol. The number of halogens is 3. The molecule has 0 fully saturated rings. The molecule has 6 nitrogen and oxygen atoms in total. The summed E-state index contributed by atoms with van der Waals surface area (Å²) in [7, 11) is 0. The van der Waals surface area contributed by atoms with Crippen molar-refractivity contribution in [2.45, 2.75) is 32.5 Å². The van der Waals surface area contributed by atoms with Gasteiger partial charge in [-0.25, -0.2) is 10.2 Å². The summed E-state index contributed by atoms with van der Waals surface area (Å²) in [5.74, 6) is -0.799. The van der Waals surface area contributed by atoms with E-state index in [9.17, 15) is 22.8 Å². The Kier molecular flexibility index (Phi) is 6.67. The van der Waals surface area contributed by atoms with Crippen molar-refractivity contribution in [3.05, 3.63) is 29.8 Å². The van der Waals surface area contributed by atoms with E-state index < -0.39 is 29.8 Å². The highest BCUT2D eigenvalue weighted by Gasteiger charge is 2.30. The van der Waals surface area contributed by atoms with E-state index in [4.69, 9.17) is 4.74 Å². The molecule has 0 bridgehead atoms. The molecule has 0 aliphatic heterocycles. The molecule has 3 amide bonds. The van der Waals surface area contributed by atoms with Crippen LogP contribution in [0.3, 0.4) is 0 Å². The van der Waals surface area contributed by atoms with Gasteiger partial charge in [-0.1, -0.05) is 13.0 Å². The predicted molar refractivity (Wildman–Crippen MR) is 76.5 cm³/mol. The number of ether oxygens (including phenoxy) is 1. The Morgan fingerprint density at radius 1 is 1.26 bits per heavy atom. The average Bonchev–Trinajstić information content (AvgIpc) is 2.49. The number of hydrazine groups is 1. The number of hydrogen-bond donors (Lipinski definition) is 3. The number of benzene rings is 1. The number of amides is 3. The van der Waals surface area contributed by atoms with E-state index in [2.05, 4.69) is 16.2 Å². The molecule has 0 saturated heterocycles. The monoisotopic (exact) mass is 333 g/mol. The molecule has 0 aliphatic rings. The lowest BCUT2D eigenvalue weighted by Crippen LogP contribution is -2.50. The molecule has 3 N–H and O–H groups in total. The van der Waals surface area contributed by atoms with Gasteiger partial charge in [0.2, 0.25) is 0 Å². The number of carbonyl (C=O) groups excluding carboxylic acids is 2. The molecule has 0 radical (unpaired) electrons. The van der Waals surface area contributed by atoms with Crippen LogP contribution in [-0.2, 0) is 11.0 Å². The minimum Gasteiger partial charge on any atom is -0.481 e. The summed E-state index contributed by atoms with van der Waals surface area (Å²) in [6, 6.07) is 3.59. The number of urea groups is 1. The third-order valence-corrected chi connectivity index (χ3v) is 2.68. The molecule has 1 atom stereocenters. The van der Waals surface area contributed by atoms with Gasteiger partial charge in [-0.15, -0.1) is 0 Å². The maximum atomic E-state index is 12.6. The van der Waals surface area contributed by atoms with Crippen LogP contribution >= 0.6 is 0 Å². The highest BCUT2D eigenvalue weighted by molar-refractivity contribution is 5.84. The van der Waals surface area contributed by atoms with E-state index in [1.807, 2.05) is 6.92 Å². The zero-order chi connectivity index (χ0) is 17.5. The van der Waals surface area contributed by atoms with Gasteiger partial charge in [0.15, 0.2) is 6.10 Å². The lowest BCUT2D eigenvalue weighted by atomic mass is 10.2. The number of carbonyl (C=O) groups is 2. The summed E-state index contributed by atoms with van der Waals surface area (Å²) in [6.07, 6.45) is -4.86. The Morgan fingerprint density at radius 3 is 2.57 bits per heavy atom. The van der Waals surface area contributed by atoms with Gasteiger partial charge in [0.05, 0.1) is 5.56 Å². The second kappa shape index (κ2) is 8.25. The molecule has 0 heterocycles. The smallest absolute Gasteiger partial charge is 0.416 e. The first-order valence-corrected chi connectivity index (χ1v) is 6.91. The largest absolute Gasteiger partial charge is 0.481 e. The maximum Gasteiger partial charge on any atom is 0.416 e. The summed E-state index contributed by atoms with van der Waals surface area (Å²) in [6.45, 7) is 3.66. The SMILES string of the molecule is CCCNC(=O)NNC(=O)C(C)Oc1cccc(C(F)(F)F)c1. The first-order valence-electron chi connectivity index (χ1n) is 6.91. The lowest BCUT2D eigenvalue weighted by Gasteiger charge is -2.16. The third-order valence-electron chi connectivity index (χ3n) is 2.68. The van der Waals surface area contributed by atoms with Crippen molar-refractivity contribution in [2.24, 2.45) is 0 Å². The molecule has 0 aromatic heterocycles. The Bertz CT molecular complexity index is 550. The molecule has 1 aromatic rings. The van der Waals surface area contributed by atoms with Crippen molar-refractivity contribution in [2.75, 3.05) is 6.54 Å². The molecular formula is C14H18F3N3O3. The normalized spacial score (nSPS) is 12.2.